The van der Waals surface area contributed by atoms with E-state index in [2.05, 4.69) is 33.0 Å². The van der Waals surface area contributed by atoms with Crippen LogP contribution in [0.2, 0.25) is 0 Å². The van der Waals surface area contributed by atoms with Crippen molar-refractivity contribution in [3.8, 4) is 0 Å². The van der Waals surface area contributed by atoms with Gasteiger partial charge >= 0.3 is 0 Å². The molecule has 3 atom stereocenters. The Bertz CT molecular complexity index is 307. The lowest BCUT2D eigenvalue weighted by Crippen LogP contribution is -2.52. The van der Waals surface area contributed by atoms with E-state index in [1.165, 1.54) is 44.9 Å². The van der Waals surface area contributed by atoms with Crippen LogP contribution < -0.4 is 5.32 Å². The van der Waals surface area contributed by atoms with E-state index in [1.807, 2.05) is 0 Å². The minimum Gasteiger partial charge on any atom is -0.376 e. The summed E-state index contributed by atoms with van der Waals surface area (Å²) in [6.45, 7) is 11.7. The first-order valence-corrected chi connectivity index (χ1v) is 8.89. The highest BCUT2D eigenvalue weighted by Gasteiger charge is 2.37. The van der Waals surface area contributed by atoms with E-state index in [-0.39, 0.29) is 11.1 Å². The van der Waals surface area contributed by atoms with Gasteiger partial charge in [-0.05, 0) is 58.8 Å². The van der Waals surface area contributed by atoms with E-state index in [4.69, 9.17) is 9.47 Å². The Labute approximate surface area is 131 Å². The second kappa shape index (κ2) is 7.43. The third-order valence-corrected chi connectivity index (χ3v) is 4.84. The lowest BCUT2D eigenvalue weighted by molar-refractivity contribution is -0.127. The molecule has 1 aliphatic carbocycles. The van der Waals surface area contributed by atoms with Crippen molar-refractivity contribution in [1.29, 1.82) is 0 Å². The van der Waals surface area contributed by atoms with Crippen LogP contribution >= 0.6 is 0 Å². The fraction of sp³-hybridized carbons (Fsp3) is 1.00. The van der Waals surface area contributed by atoms with Crippen molar-refractivity contribution >= 4 is 0 Å². The van der Waals surface area contributed by atoms with Crippen molar-refractivity contribution < 1.29 is 9.47 Å². The summed E-state index contributed by atoms with van der Waals surface area (Å²) in [5.74, 6) is 0.771. The topological polar surface area (TPSA) is 30.5 Å². The van der Waals surface area contributed by atoms with Crippen molar-refractivity contribution in [3.05, 3.63) is 0 Å². The molecule has 0 aromatic rings. The molecule has 1 saturated heterocycles. The van der Waals surface area contributed by atoms with Crippen molar-refractivity contribution in [2.75, 3.05) is 19.8 Å². The average molecular weight is 297 g/mol. The Morgan fingerprint density at radius 2 is 2.00 bits per heavy atom. The molecule has 2 rings (SSSR count). The van der Waals surface area contributed by atoms with Crippen molar-refractivity contribution in [2.45, 2.75) is 89.9 Å². The highest BCUT2D eigenvalue weighted by molar-refractivity contribution is 4.91. The van der Waals surface area contributed by atoms with E-state index >= 15 is 0 Å². The zero-order valence-corrected chi connectivity index (χ0v) is 14.5. The summed E-state index contributed by atoms with van der Waals surface area (Å²) >= 11 is 0. The van der Waals surface area contributed by atoms with Gasteiger partial charge in [0.15, 0.2) is 0 Å². The van der Waals surface area contributed by atoms with Gasteiger partial charge in [-0.1, -0.05) is 19.8 Å². The maximum absolute atomic E-state index is 6.49. The Hall–Kier alpha value is -0.120. The van der Waals surface area contributed by atoms with Crippen LogP contribution in [0.1, 0.15) is 72.6 Å². The molecule has 1 saturated carbocycles. The van der Waals surface area contributed by atoms with E-state index in [1.54, 1.807) is 0 Å². The molecular formula is C18H35NO2. The van der Waals surface area contributed by atoms with Crippen molar-refractivity contribution in [1.82, 2.24) is 5.32 Å². The predicted octanol–water partition coefficient (Wildman–Crippen LogP) is 3.91. The number of rotatable bonds is 5. The van der Waals surface area contributed by atoms with Crippen LogP contribution in [0.3, 0.4) is 0 Å². The SMILES string of the molecule is CC1CCCC(CNC(C)(C)C)(OCC2CCCCO2)C1. The fourth-order valence-electron chi connectivity index (χ4n) is 3.59. The van der Waals surface area contributed by atoms with Crippen LogP contribution in [0.4, 0.5) is 0 Å². The molecule has 1 heterocycles. The maximum atomic E-state index is 6.49. The molecule has 0 aromatic carbocycles. The van der Waals surface area contributed by atoms with Gasteiger partial charge in [0.25, 0.3) is 0 Å². The van der Waals surface area contributed by atoms with Crippen molar-refractivity contribution in [3.63, 3.8) is 0 Å². The summed E-state index contributed by atoms with van der Waals surface area (Å²) in [4.78, 5) is 0. The van der Waals surface area contributed by atoms with Gasteiger partial charge in [0.1, 0.15) is 0 Å². The van der Waals surface area contributed by atoms with Crippen LogP contribution in [0.25, 0.3) is 0 Å². The Kier molecular flexibility index (Phi) is 6.10. The number of nitrogens with one attached hydrogen (secondary N) is 1. The zero-order chi connectivity index (χ0) is 15.3. The molecule has 124 valence electrons. The highest BCUT2D eigenvalue weighted by atomic mass is 16.5. The van der Waals surface area contributed by atoms with E-state index < -0.39 is 0 Å². The summed E-state index contributed by atoms with van der Waals surface area (Å²) in [7, 11) is 0. The number of hydrogen-bond acceptors (Lipinski definition) is 3. The monoisotopic (exact) mass is 297 g/mol. The minimum absolute atomic E-state index is 0.0196. The van der Waals surface area contributed by atoms with E-state index in [0.717, 1.165) is 25.7 Å². The summed E-state index contributed by atoms with van der Waals surface area (Å²) in [6.07, 6.45) is 9.00. The van der Waals surface area contributed by atoms with Gasteiger partial charge < -0.3 is 14.8 Å². The van der Waals surface area contributed by atoms with E-state index in [0.29, 0.717) is 6.10 Å². The first-order valence-electron chi connectivity index (χ1n) is 8.89. The first-order chi connectivity index (χ1) is 9.89. The molecule has 0 radical (unpaired) electrons. The zero-order valence-electron chi connectivity index (χ0n) is 14.5. The van der Waals surface area contributed by atoms with Gasteiger partial charge in [-0.2, -0.15) is 0 Å². The second-order valence-electron chi connectivity index (χ2n) is 8.29. The summed E-state index contributed by atoms with van der Waals surface area (Å²) in [5.41, 5.74) is 0.171. The fourth-order valence-corrected chi connectivity index (χ4v) is 3.59. The van der Waals surface area contributed by atoms with Crippen LogP contribution in [0.15, 0.2) is 0 Å². The van der Waals surface area contributed by atoms with Crippen LogP contribution in [0, 0.1) is 5.92 Å². The lowest BCUT2D eigenvalue weighted by atomic mass is 9.78. The Balaban J connectivity index is 1.90. The molecule has 3 heteroatoms. The first kappa shape index (κ1) is 17.2. The number of hydrogen-bond donors (Lipinski definition) is 1. The average Bonchev–Trinajstić information content (AvgIpc) is 2.44. The summed E-state index contributed by atoms with van der Waals surface area (Å²) in [6, 6.07) is 0. The smallest absolute Gasteiger partial charge is 0.0810 e. The van der Waals surface area contributed by atoms with Crippen LogP contribution in [-0.4, -0.2) is 37.0 Å². The molecule has 0 bridgehead atoms. The summed E-state index contributed by atoms with van der Waals surface area (Å²) in [5, 5.41) is 3.67. The number of ether oxygens (including phenoxy) is 2. The molecule has 0 amide bonds. The van der Waals surface area contributed by atoms with Gasteiger partial charge in [-0.15, -0.1) is 0 Å². The van der Waals surface area contributed by atoms with E-state index in [9.17, 15) is 0 Å². The van der Waals surface area contributed by atoms with Gasteiger partial charge in [0.05, 0.1) is 18.3 Å². The molecule has 21 heavy (non-hydrogen) atoms. The van der Waals surface area contributed by atoms with Gasteiger partial charge in [0.2, 0.25) is 0 Å². The maximum Gasteiger partial charge on any atom is 0.0810 e. The Morgan fingerprint density at radius 3 is 2.62 bits per heavy atom. The van der Waals surface area contributed by atoms with Gasteiger partial charge in [-0.3, -0.25) is 0 Å². The quantitative estimate of drug-likeness (QED) is 0.834. The molecule has 1 aliphatic heterocycles. The molecule has 1 N–H and O–H groups in total. The third-order valence-electron chi connectivity index (χ3n) is 4.84. The molecule has 2 aliphatic rings. The third kappa shape index (κ3) is 5.88. The van der Waals surface area contributed by atoms with Crippen LogP contribution in [-0.2, 0) is 9.47 Å². The minimum atomic E-state index is 0.0196. The van der Waals surface area contributed by atoms with Crippen molar-refractivity contribution in [2.24, 2.45) is 5.92 Å². The normalized spacial score (nSPS) is 34.9. The Morgan fingerprint density at radius 1 is 1.19 bits per heavy atom. The lowest BCUT2D eigenvalue weighted by Gasteiger charge is -2.42. The van der Waals surface area contributed by atoms with Gasteiger partial charge in [0, 0.05) is 18.7 Å². The molecule has 2 fully saturated rings. The molecule has 0 spiro atoms. The molecule has 3 unspecified atom stereocenters. The molecular weight excluding hydrogens is 262 g/mol. The molecule has 0 aromatic heterocycles. The second-order valence-corrected chi connectivity index (χ2v) is 8.29. The standard InChI is InChI=1S/C18H35NO2/c1-15-8-7-10-18(12-15,14-19-17(2,3)4)21-13-16-9-5-6-11-20-16/h15-16,19H,5-14H2,1-4H3. The summed E-state index contributed by atoms with van der Waals surface area (Å²) < 4.78 is 12.3. The van der Waals surface area contributed by atoms with Crippen LogP contribution in [0.5, 0.6) is 0 Å². The van der Waals surface area contributed by atoms with Gasteiger partial charge in [-0.25, -0.2) is 0 Å². The predicted molar refractivity (Wildman–Crippen MR) is 87.7 cm³/mol. The molecule has 3 nitrogen and oxygen atoms in total. The highest BCUT2D eigenvalue weighted by Crippen LogP contribution is 2.35. The largest absolute Gasteiger partial charge is 0.376 e.